The molecule has 0 spiro atoms. The van der Waals surface area contributed by atoms with Crippen LogP contribution in [0.4, 0.5) is 11.4 Å². The van der Waals surface area contributed by atoms with E-state index >= 15 is 0 Å². The van der Waals surface area contributed by atoms with E-state index in [1.807, 2.05) is 19.1 Å². The third-order valence-electron chi connectivity index (χ3n) is 5.75. The van der Waals surface area contributed by atoms with Crippen molar-refractivity contribution in [1.82, 2.24) is 10.2 Å². The summed E-state index contributed by atoms with van der Waals surface area (Å²) in [5, 5.41) is 17.8. The van der Waals surface area contributed by atoms with Crippen LogP contribution in [0.15, 0.2) is 88.5 Å². The summed E-state index contributed by atoms with van der Waals surface area (Å²) < 4.78 is 0. The number of non-ortho nitro benzene ring substituents is 1. The zero-order valence-corrected chi connectivity index (χ0v) is 20.4. The molecule has 3 rings (SSSR count). The van der Waals surface area contributed by atoms with Crippen molar-refractivity contribution >= 4 is 17.2 Å². The topological polar surface area (TPSA) is 82.8 Å². The van der Waals surface area contributed by atoms with Crippen molar-refractivity contribution < 1.29 is 4.92 Å². The van der Waals surface area contributed by atoms with Crippen LogP contribution in [0, 0.1) is 10.1 Å². The second-order valence-corrected chi connectivity index (χ2v) is 8.64. The number of allylic oxidation sites excluding steroid dienone is 7. The molecule has 180 valence electrons. The Morgan fingerprint density at radius 3 is 2.62 bits per heavy atom. The highest BCUT2D eigenvalue weighted by molar-refractivity contribution is 6.08. The van der Waals surface area contributed by atoms with E-state index in [0.717, 1.165) is 49.2 Å². The van der Waals surface area contributed by atoms with Gasteiger partial charge in [-0.3, -0.25) is 10.1 Å². The molecule has 0 unspecified atom stereocenters. The molecular formula is C27H35N5O2. The first-order chi connectivity index (χ1) is 16.4. The van der Waals surface area contributed by atoms with Gasteiger partial charge in [-0.25, -0.2) is 4.99 Å². The SMILES string of the molecule is C=C1C=C(NC2=CC=C(N(CCC)CCCC)CC2)N=C(Nc2cccc([N+](=O)[O-])c2)C(C)=C1. The van der Waals surface area contributed by atoms with Crippen molar-refractivity contribution in [2.45, 2.75) is 52.9 Å². The van der Waals surface area contributed by atoms with Crippen molar-refractivity contribution in [2.75, 3.05) is 18.4 Å². The fraction of sp³-hybridized carbons (Fsp3) is 0.370. The summed E-state index contributed by atoms with van der Waals surface area (Å²) in [6, 6.07) is 6.42. The molecule has 1 aromatic carbocycles. The number of anilines is 1. The molecule has 0 saturated carbocycles. The summed E-state index contributed by atoms with van der Waals surface area (Å²) in [5.41, 5.74) is 4.88. The van der Waals surface area contributed by atoms with Crippen molar-refractivity contribution in [3.05, 3.63) is 93.6 Å². The maximum absolute atomic E-state index is 11.1. The number of benzene rings is 1. The fourth-order valence-electron chi connectivity index (χ4n) is 4.01. The van der Waals surface area contributed by atoms with E-state index in [9.17, 15) is 10.1 Å². The fourth-order valence-corrected chi connectivity index (χ4v) is 4.01. The van der Waals surface area contributed by atoms with Gasteiger partial charge in [0.1, 0.15) is 11.7 Å². The lowest BCUT2D eigenvalue weighted by atomic mass is 10.1. The molecular weight excluding hydrogens is 426 g/mol. The summed E-state index contributed by atoms with van der Waals surface area (Å²) >= 11 is 0. The highest BCUT2D eigenvalue weighted by Gasteiger charge is 2.15. The summed E-state index contributed by atoms with van der Waals surface area (Å²) in [4.78, 5) is 18.0. The van der Waals surface area contributed by atoms with E-state index in [1.54, 1.807) is 12.1 Å². The van der Waals surface area contributed by atoms with Crippen molar-refractivity contribution in [3.63, 3.8) is 0 Å². The second-order valence-electron chi connectivity index (χ2n) is 8.64. The Labute approximate surface area is 202 Å². The van der Waals surface area contributed by atoms with Crippen LogP contribution in [-0.4, -0.2) is 28.7 Å². The number of unbranched alkanes of at least 4 members (excludes halogenated alkanes) is 1. The van der Waals surface area contributed by atoms with Crippen LogP contribution in [0.5, 0.6) is 0 Å². The number of nitro benzene ring substituents is 1. The number of nitrogens with zero attached hydrogens (tertiary/aromatic N) is 3. The summed E-state index contributed by atoms with van der Waals surface area (Å²) in [6.07, 6.45) is 13.7. The van der Waals surface area contributed by atoms with Crippen molar-refractivity contribution in [3.8, 4) is 0 Å². The number of nitro groups is 1. The van der Waals surface area contributed by atoms with Gasteiger partial charge < -0.3 is 15.5 Å². The van der Waals surface area contributed by atoms with Gasteiger partial charge in [-0.05, 0) is 74.1 Å². The average molecular weight is 462 g/mol. The summed E-state index contributed by atoms with van der Waals surface area (Å²) in [5.74, 6) is 1.31. The summed E-state index contributed by atoms with van der Waals surface area (Å²) in [7, 11) is 0. The molecule has 1 aliphatic carbocycles. The molecule has 0 radical (unpaired) electrons. The third kappa shape index (κ3) is 6.94. The Balaban J connectivity index is 1.77. The summed E-state index contributed by atoms with van der Waals surface area (Å²) in [6.45, 7) is 12.7. The Bertz CT molecular complexity index is 1080. The molecule has 0 bridgehead atoms. The Morgan fingerprint density at radius 1 is 1.12 bits per heavy atom. The normalized spacial score (nSPS) is 15.9. The minimum atomic E-state index is -0.404. The lowest BCUT2D eigenvalue weighted by Gasteiger charge is -2.29. The molecule has 34 heavy (non-hydrogen) atoms. The zero-order valence-electron chi connectivity index (χ0n) is 20.4. The maximum Gasteiger partial charge on any atom is 0.271 e. The van der Waals surface area contributed by atoms with E-state index in [2.05, 4.69) is 48.1 Å². The van der Waals surface area contributed by atoms with Gasteiger partial charge in [0.05, 0.1) is 4.92 Å². The molecule has 1 heterocycles. The highest BCUT2D eigenvalue weighted by Crippen LogP contribution is 2.24. The Morgan fingerprint density at radius 2 is 1.94 bits per heavy atom. The molecule has 0 atom stereocenters. The van der Waals surface area contributed by atoms with Crippen molar-refractivity contribution in [2.24, 2.45) is 4.99 Å². The molecule has 0 amide bonds. The number of amidine groups is 1. The molecule has 1 aliphatic heterocycles. The van der Waals surface area contributed by atoms with Gasteiger partial charge in [-0.1, -0.05) is 32.9 Å². The van der Waals surface area contributed by atoms with E-state index in [0.29, 0.717) is 17.3 Å². The van der Waals surface area contributed by atoms with E-state index in [1.165, 1.54) is 30.7 Å². The van der Waals surface area contributed by atoms with Crippen LogP contribution in [0.3, 0.4) is 0 Å². The largest absolute Gasteiger partial charge is 0.375 e. The number of aliphatic imine (C=N–C) groups is 1. The van der Waals surface area contributed by atoms with Crippen molar-refractivity contribution in [1.29, 1.82) is 0 Å². The first-order valence-electron chi connectivity index (χ1n) is 12.0. The average Bonchev–Trinajstić information content (AvgIpc) is 2.94. The second kappa shape index (κ2) is 12.0. The molecule has 0 aromatic heterocycles. The number of rotatable bonds is 10. The quantitative estimate of drug-likeness (QED) is 0.310. The third-order valence-corrected chi connectivity index (χ3v) is 5.75. The molecule has 2 N–H and O–H groups in total. The molecule has 7 heteroatoms. The number of nitrogens with one attached hydrogen (secondary N) is 2. The van der Waals surface area contributed by atoms with Gasteiger partial charge in [-0.15, -0.1) is 0 Å². The zero-order chi connectivity index (χ0) is 24.5. The van der Waals surface area contributed by atoms with Gasteiger partial charge in [0.25, 0.3) is 5.69 Å². The first kappa shape index (κ1) is 25.0. The van der Waals surface area contributed by atoms with Crippen LogP contribution in [0.1, 0.15) is 52.9 Å². The van der Waals surface area contributed by atoms with Crippen LogP contribution < -0.4 is 10.6 Å². The Hall–Kier alpha value is -3.61. The molecule has 1 aromatic rings. The lowest BCUT2D eigenvalue weighted by molar-refractivity contribution is -0.384. The number of hydrogen-bond donors (Lipinski definition) is 2. The van der Waals surface area contributed by atoms with E-state index in [-0.39, 0.29) is 5.69 Å². The molecule has 2 aliphatic rings. The van der Waals surface area contributed by atoms with E-state index < -0.39 is 4.92 Å². The van der Waals surface area contributed by atoms with Crippen LogP contribution in [0.2, 0.25) is 0 Å². The van der Waals surface area contributed by atoms with Gasteiger partial charge in [0.15, 0.2) is 0 Å². The van der Waals surface area contributed by atoms with E-state index in [4.69, 9.17) is 4.99 Å². The highest BCUT2D eigenvalue weighted by atomic mass is 16.6. The Kier molecular flexibility index (Phi) is 8.85. The van der Waals surface area contributed by atoms with Gasteiger partial charge in [0, 0.05) is 42.3 Å². The van der Waals surface area contributed by atoms with Crippen LogP contribution >= 0.6 is 0 Å². The molecule has 0 saturated heterocycles. The maximum atomic E-state index is 11.1. The molecule has 7 nitrogen and oxygen atoms in total. The van der Waals surface area contributed by atoms with Gasteiger partial charge in [-0.2, -0.15) is 0 Å². The standard InChI is InChI=1S/C27H35N5O2/c1-5-7-16-31(15-6-2)24-13-11-22(12-14-24)28-26-18-20(3)17-21(4)27(30-26)29-23-9-8-10-25(19-23)32(33)34/h8-11,13,17-19,28H,3,5-7,12,14-16H2,1-2,4H3,(H,29,30). The number of hydrogen-bond acceptors (Lipinski definition) is 6. The smallest absolute Gasteiger partial charge is 0.271 e. The first-order valence-corrected chi connectivity index (χ1v) is 12.0. The van der Waals surface area contributed by atoms with Gasteiger partial charge in [0.2, 0.25) is 0 Å². The monoisotopic (exact) mass is 461 g/mol. The van der Waals surface area contributed by atoms with Crippen LogP contribution in [-0.2, 0) is 0 Å². The van der Waals surface area contributed by atoms with Crippen LogP contribution in [0.25, 0.3) is 0 Å². The minimum absolute atomic E-state index is 0.0326. The predicted octanol–water partition coefficient (Wildman–Crippen LogP) is 6.43. The minimum Gasteiger partial charge on any atom is -0.375 e. The lowest BCUT2D eigenvalue weighted by Crippen LogP contribution is -2.27. The predicted molar refractivity (Wildman–Crippen MR) is 140 cm³/mol. The van der Waals surface area contributed by atoms with Gasteiger partial charge >= 0.3 is 0 Å². The molecule has 0 fully saturated rings.